The number of nitrogens with one attached hydrogen (secondary N) is 1. The van der Waals surface area contributed by atoms with Crippen molar-refractivity contribution in [3.05, 3.63) is 34.6 Å². The number of rotatable bonds is 3. The number of hydrogen-bond acceptors (Lipinski definition) is 2. The summed E-state index contributed by atoms with van der Waals surface area (Å²) in [7, 11) is 1.90. The SMILES string of the molecule is CNC(c1ccc(Cl)c(F)c1)C1CC(C)(C)OC1(C)C. The Morgan fingerprint density at radius 1 is 1.35 bits per heavy atom. The number of ether oxygens (including phenoxy) is 1. The maximum atomic E-state index is 13.7. The van der Waals surface area contributed by atoms with Gasteiger partial charge in [0.15, 0.2) is 0 Å². The van der Waals surface area contributed by atoms with Crippen molar-refractivity contribution in [2.24, 2.45) is 5.92 Å². The molecule has 0 bridgehead atoms. The third-order valence-electron chi connectivity index (χ3n) is 4.16. The van der Waals surface area contributed by atoms with Crippen LogP contribution in [0.2, 0.25) is 5.02 Å². The molecule has 20 heavy (non-hydrogen) atoms. The summed E-state index contributed by atoms with van der Waals surface area (Å²) in [4.78, 5) is 0. The summed E-state index contributed by atoms with van der Waals surface area (Å²) >= 11 is 5.77. The Hall–Kier alpha value is -0.640. The van der Waals surface area contributed by atoms with Gasteiger partial charge in [0.05, 0.1) is 16.2 Å². The second-order valence-corrected chi connectivity index (χ2v) is 7.12. The minimum absolute atomic E-state index is 0.0403. The lowest BCUT2D eigenvalue weighted by Gasteiger charge is -2.33. The molecule has 1 saturated heterocycles. The van der Waals surface area contributed by atoms with Crippen molar-refractivity contribution in [1.82, 2.24) is 5.32 Å². The Bertz CT molecular complexity index is 501. The molecular weight excluding hydrogens is 277 g/mol. The molecule has 4 heteroatoms. The molecule has 2 atom stereocenters. The second kappa shape index (κ2) is 5.28. The molecule has 1 heterocycles. The monoisotopic (exact) mass is 299 g/mol. The van der Waals surface area contributed by atoms with Crippen LogP contribution in [0.1, 0.15) is 45.7 Å². The summed E-state index contributed by atoms with van der Waals surface area (Å²) in [5.41, 5.74) is 0.496. The highest BCUT2D eigenvalue weighted by atomic mass is 35.5. The molecule has 2 nitrogen and oxygen atoms in total. The lowest BCUT2D eigenvalue weighted by molar-refractivity contribution is -0.0776. The zero-order valence-electron chi connectivity index (χ0n) is 12.8. The minimum atomic E-state index is -0.375. The van der Waals surface area contributed by atoms with E-state index < -0.39 is 0 Å². The molecule has 112 valence electrons. The molecule has 0 saturated carbocycles. The van der Waals surface area contributed by atoms with E-state index in [2.05, 4.69) is 33.0 Å². The third-order valence-corrected chi connectivity index (χ3v) is 4.47. The van der Waals surface area contributed by atoms with Crippen LogP contribution in [0.4, 0.5) is 4.39 Å². The van der Waals surface area contributed by atoms with Gasteiger partial charge in [0.2, 0.25) is 0 Å². The summed E-state index contributed by atoms with van der Waals surface area (Å²) in [5, 5.41) is 3.47. The first-order valence-electron chi connectivity index (χ1n) is 6.99. The van der Waals surface area contributed by atoms with Crippen molar-refractivity contribution in [2.75, 3.05) is 7.05 Å². The van der Waals surface area contributed by atoms with Crippen LogP contribution in [0.5, 0.6) is 0 Å². The van der Waals surface area contributed by atoms with E-state index in [0.717, 1.165) is 12.0 Å². The topological polar surface area (TPSA) is 21.3 Å². The van der Waals surface area contributed by atoms with E-state index >= 15 is 0 Å². The van der Waals surface area contributed by atoms with Crippen LogP contribution in [0.25, 0.3) is 0 Å². The molecule has 2 rings (SSSR count). The highest BCUT2D eigenvalue weighted by Crippen LogP contribution is 2.47. The van der Waals surface area contributed by atoms with Gasteiger partial charge in [-0.05, 0) is 58.9 Å². The fourth-order valence-electron chi connectivity index (χ4n) is 3.43. The first-order valence-corrected chi connectivity index (χ1v) is 7.36. The van der Waals surface area contributed by atoms with E-state index in [-0.39, 0.29) is 34.0 Å². The zero-order valence-corrected chi connectivity index (χ0v) is 13.5. The van der Waals surface area contributed by atoms with Gasteiger partial charge in [-0.1, -0.05) is 17.7 Å². The fourth-order valence-corrected chi connectivity index (χ4v) is 3.55. The lowest BCUT2D eigenvalue weighted by Crippen LogP contribution is -2.37. The standard InChI is InChI=1S/C16H23ClFNO/c1-15(2)9-11(16(3,4)20-15)14(19-5)10-6-7-12(17)13(18)8-10/h6-8,11,14,19H,9H2,1-5H3. The van der Waals surface area contributed by atoms with Gasteiger partial charge in [0, 0.05) is 12.0 Å². The summed E-state index contributed by atoms with van der Waals surface area (Å²) in [6.45, 7) is 8.40. The normalized spacial score (nSPS) is 25.6. The van der Waals surface area contributed by atoms with Gasteiger partial charge in [-0.3, -0.25) is 0 Å². The van der Waals surface area contributed by atoms with E-state index in [9.17, 15) is 4.39 Å². The first-order chi connectivity index (χ1) is 9.16. The largest absolute Gasteiger partial charge is 0.369 e. The predicted molar refractivity (Wildman–Crippen MR) is 80.6 cm³/mol. The van der Waals surface area contributed by atoms with E-state index in [1.807, 2.05) is 13.1 Å². The highest BCUT2D eigenvalue weighted by molar-refractivity contribution is 6.30. The minimum Gasteiger partial charge on any atom is -0.369 e. The zero-order chi connectivity index (χ0) is 15.1. The molecular formula is C16H23ClFNO. The van der Waals surface area contributed by atoms with Crippen LogP contribution >= 0.6 is 11.6 Å². The third kappa shape index (κ3) is 3.00. The van der Waals surface area contributed by atoms with Crippen LogP contribution in [0, 0.1) is 11.7 Å². The van der Waals surface area contributed by atoms with Gasteiger partial charge in [-0.15, -0.1) is 0 Å². The lowest BCUT2D eigenvalue weighted by atomic mass is 9.79. The molecule has 0 aromatic heterocycles. The van der Waals surface area contributed by atoms with Gasteiger partial charge in [-0.2, -0.15) is 0 Å². The first kappa shape index (κ1) is 15.7. The quantitative estimate of drug-likeness (QED) is 0.897. The van der Waals surface area contributed by atoms with E-state index in [1.54, 1.807) is 6.07 Å². The molecule has 0 spiro atoms. The average molecular weight is 300 g/mol. The van der Waals surface area contributed by atoms with Crippen LogP contribution in [-0.4, -0.2) is 18.2 Å². The maximum Gasteiger partial charge on any atom is 0.142 e. The Morgan fingerprint density at radius 2 is 2.00 bits per heavy atom. The molecule has 2 unspecified atom stereocenters. The Balaban J connectivity index is 2.35. The molecule has 0 radical (unpaired) electrons. The van der Waals surface area contributed by atoms with Gasteiger partial charge >= 0.3 is 0 Å². The summed E-state index contributed by atoms with van der Waals surface area (Å²) in [6.07, 6.45) is 0.926. The Kier molecular flexibility index (Phi) is 4.16. The molecule has 1 aromatic carbocycles. The molecule has 1 aromatic rings. The van der Waals surface area contributed by atoms with Crippen LogP contribution in [0.3, 0.4) is 0 Å². The second-order valence-electron chi connectivity index (χ2n) is 6.72. The van der Waals surface area contributed by atoms with Gasteiger partial charge < -0.3 is 10.1 Å². The van der Waals surface area contributed by atoms with Crippen LogP contribution in [-0.2, 0) is 4.74 Å². The van der Waals surface area contributed by atoms with Crippen LogP contribution < -0.4 is 5.32 Å². The smallest absolute Gasteiger partial charge is 0.142 e. The summed E-state index contributed by atoms with van der Waals surface area (Å²) < 4.78 is 19.9. The highest BCUT2D eigenvalue weighted by Gasteiger charge is 2.49. The van der Waals surface area contributed by atoms with Gasteiger partial charge in [0.1, 0.15) is 5.82 Å². The van der Waals surface area contributed by atoms with E-state index in [0.29, 0.717) is 0 Å². The van der Waals surface area contributed by atoms with Crippen LogP contribution in [0.15, 0.2) is 18.2 Å². The fraction of sp³-hybridized carbons (Fsp3) is 0.625. The van der Waals surface area contributed by atoms with Crippen molar-refractivity contribution in [3.63, 3.8) is 0 Å². The Labute approximate surface area is 125 Å². The van der Waals surface area contributed by atoms with Gasteiger partial charge in [-0.25, -0.2) is 4.39 Å². The Morgan fingerprint density at radius 3 is 2.45 bits per heavy atom. The molecule has 0 aliphatic carbocycles. The summed E-state index contributed by atoms with van der Waals surface area (Å²) in [5.74, 6) is -0.108. The van der Waals surface area contributed by atoms with Crippen molar-refractivity contribution in [2.45, 2.75) is 51.4 Å². The van der Waals surface area contributed by atoms with Crippen molar-refractivity contribution < 1.29 is 9.13 Å². The van der Waals surface area contributed by atoms with Crippen molar-refractivity contribution in [3.8, 4) is 0 Å². The predicted octanol–water partition coefficient (Wildman–Crippen LogP) is 4.33. The maximum absolute atomic E-state index is 13.7. The molecule has 1 aliphatic heterocycles. The van der Waals surface area contributed by atoms with E-state index in [4.69, 9.17) is 16.3 Å². The molecule has 1 aliphatic rings. The number of hydrogen-bond donors (Lipinski definition) is 1. The van der Waals surface area contributed by atoms with E-state index in [1.165, 1.54) is 6.07 Å². The van der Waals surface area contributed by atoms with Crippen molar-refractivity contribution in [1.29, 1.82) is 0 Å². The average Bonchev–Trinajstić information content (AvgIpc) is 2.53. The molecule has 1 fully saturated rings. The van der Waals surface area contributed by atoms with Crippen molar-refractivity contribution >= 4 is 11.6 Å². The number of benzene rings is 1. The van der Waals surface area contributed by atoms with Gasteiger partial charge in [0.25, 0.3) is 0 Å². The number of halogens is 2. The summed E-state index contributed by atoms with van der Waals surface area (Å²) in [6, 6.07) is 5.06. The molecule has 1 N–H and O–H groups in total. The molecule has 0 amide bonds.